The van der Waals surface area contributed by atoms with Crippen LogP contribution in [0.25, 0.3) is 27.7 Å². The SMILES string of the molecule is Cc1cc2oc(=O)cc(CSc3ncnc4c3cnn4-c3ccccc3)c2cc1C(C)C. The van der Waals surface area contributed by atoms with Gasteiger partial charge in [0.25, 0.3) is 0 Å². The van der Waals surface area contributed by atoms with Crippen LogP contribution in [0.4, 0.5) is 0 Å². The smallest absolute Gasteiger partial charge is 0.336 e. The lowest BCUT2D eigenvalue weighted by atomic mass is 9.95. The van der Waals surface area contributed by atoms with E-state index in [9.17, 15) is 4.79 Å². The monoisotopic (exact) mass is 442 g/mol. The van der Waals surface area contributed by atoms with Crippen LogP contribution in [0.2, 0.25) is 0 Å². The molecule has 7 heteroatoms. The third-order valence-electron chi connectivity index (χ3n) is 5.53. The zero-order valence-corrected chi connectivity index (χ0v) is 18.9. The Morgan fingerprint density at radius 1 is 1.06 bits per heavy atom. The van der Waals surface area contributed by atoms with Crippen molar-refractivity contribution in [3.05, 3.63) is 88.2 Å². The summed E-state index contributed by atoms with van der Waals surface area (Å²) < 4.78 is 7.30. The maximum Gasteiger partial charge on any atom is 0.336 e. The molecule has 0 atom stereocenters. The summed E-state index contributed by atoms with van der Waals surface area (Å²) in [5, 5.41) is 7.20. The van der Waals surface area contributed by atoms with Gasteiger partial charge in [-0.2, -0.15) is 5.10 Å². The quantitative estimate of drug-likeness (QED) is 0.199. The number of aromatic nitrogens is 4. The van der Waals surface area contributed by atoms with Gasteiger partial charge in [-0.3, -0.25) is 0 Å². The molecule has 160 valence electrons. The molecule has 6 nitrogen and oxygen atoms in total. The van der Waals surface area contributed by atoms with Crippen LogP contribution in [0.3, 0.4) is 0 Å². The number of fused-ring (bicyclic) bond motifs is 2. The van der Waals surface area contributed by atoms with Gasteiger partial charge in [-0.05, 0) is 53.8 Å². The Bertz CT molecular complexity index is 1490. The molecule has 0 fully saturated rings. The minimum Gasteiger partial charge on any atom is -0.423 e. The maximum atomic E-state index is 12.2. The van der Waals surface area contributed by atoms with E-state index in [4.69, 9.17) is 4.42 Å². The summed E-state index contributed by atoms with van der Waals surface area (Å²) >= 11 is 1.57. The van der Waals surface area contributed by atoms with Crippen LogP contribution < -0.4 is 5.63 Å². The number of para-hydroxylation sites is 1. The number of thioether (sulfide) groups is 1. The van der Waals surface area contributed by atoms with Crippen molar-refractivity contribution in [3.63, 3.8) is 0 Å². The Kier molecular flexibility index (Phi) is 5.27. The van der Waals surface area contributed by atoms with Gasteiger partial charge in [0.2, 0.25) is 0 Å². The van der Waals surface area contributed by atoms with Gasteiger partial charge in [0, 0.05) is 17.2 Å². The largest absolute Gasteiger partial charge is 0.423 e. The molecule has 0 aliphatic carbocycles. The Morgan fingerprint density at radius 3 is 2.66 bits per heavy atom. The fraction of sp³-hybridized carbons (Fsp3) is 0.200. The average molecular weight is 443 g/mol. The zero-order chi connectivity index (χ0) is 22.2. The molecule has 32 heavy (non-hydrogen) atoms. The summed E-state index contributed by atoms with van der Waals surface area (Å²) in [6.45, 7) is 6.39. The predicted molar refractivity (Wildman–Crippen MR) is 128 cm³/mol. The van der Waals surface area contributed by atoms with E-state index in [1.807, 2.05) is 41.1 Å². The second-order valence-corrected chi connectivity index (χ2v) is 9.01. The zero-order valence-electron chi connectivity index (χ0n) is 18.1. The van der Waals surface area contributed by atoms with Gasteiger partial charge in [-0.25, -0.2) is 19.4 Å². The van der Waals surface area contributed by atoms with Gasteiger partial charge >= 0.3 is 5.63 Å². The number of aryl methyl sites for hydroxylation is 1. The van der Waals surface area contributed by atoms with Gasteiger partial charge in [-0.1, -0.05) is 32.0 Å². The molecular formula is C25H22N4O2S. The van der Waals surface area contributed by atoms with Crippen molar-refractivity contribution in [1.29, 1.82) is 0 Å². The van der Waals surface area contributed by atoms with Gasteiger partial charge < -0.3 is 4.42 Å². The molecule has 0 saturated carbocycles. The fourth-order valence-corrected chi connectivity index (χ4v) is 4.93. The molecule has 3 aromatic heterocycles. The number of nitrogens with zero attached hydrogens (tertiary/aromatic N) is 4. The van der Waals surface area contributed by atoms with Crippen LogP contribution in [-0.4, -0.2) is 19.7 Å². The minimum atomic E-state index is -0.338. The lowest BCUT2D eigenvalue weighted by molar-refractivity contribution is 0.559. The van der Waals surface area contributed by atoms with Crippen molar-refractivity contribution in [1.82, 2.24) is 19.7 Å². The molecule has 0 spiro atoms. The number of benzene rings is 2. The van der Waals surface area contributed by atoms with Crippen LogP contribution in [0.15, 0.2) is 75.3 Å². The van der Waals surface area contributed by atoms with E-state index in [0.29, 0.717) is 17.3 Å². The minimum absolute atomic E-state index is 0.338. The average Bonchev–Trinajstić information content (AvgIpc) is 3.22. The molecule has 0 saturated heterocycles. The highest BCUT2D eigenvalue weighted by Gasteiger charge is 2.15. The lowest BCUT2D eigenvalue weighted by Crippen LogP contribution is -2.02. The first-order chi connectivity index (χ1) is 15.5. The Labute approximate surface area is 189 Å². The number of hydrogen-bond acceptors (Lipinski definition) is 6. The Hall–Kier alpha value is -3.45. The van der Waals surface area contributed by atoms with E-state index in [0.717, 1.165) is 38.3 Å². The van der Waals surface area contributed by atoms with Crippen LogP contribution in [0.5, 0.6) is 0 Å². The van der Waals surface area contributed by atoms with E-state index < -0.39 is 0 Å². The lowest BCUT2D eigenvalue weighted by Gasteiger charge is -2.13. The van der Waals surface area contributed by atoms with Gasteiger partial charge in [0.05, 0.1) is 17.3 Å². The fourth-order valence-electron chi connectivity index (χ4n) is 3.97. The molecule has 3 heterocycles. The highest BCUT2D eigenvalue weighted by Crippen LogP contribution is 2.32. The third kappa shape index (κ3) is 3.69. The predicted octanol–water partition coefficient (Wildman–Crippen LogP) is 5.65. The summed E-state index contributed by atoms with van der Waals surface area (Å²) in [6.07, 6.45) is 3.35. The first kappa shape index (κ1) is 20.5. The Morgan fingerprint density at radius 2 is 1.88 bits per heavy atom. The van der Waals surface area contributed by atoms with Crippen LogP contribution in [-0.2, 0) is 5.75 Å². The second-order valence-electron chi connectivity index (χ2n) is 8.05. The van der Waals surface area contributed by atoms with Gasteiger partial charge in [0.15, 0.2) is 5.65 Å². The summed E-state index contributed by atoms with van der Waals surface area (Å²) in [4.78, 5) is 21.1. The highest BCUT2D eigenvalue weighted by molar-refractivity contribution is 7.98. The molecule has 0 unspecified atom stereocenters. The van der Waals surface area contributed by atoms with Crippen molar-refractivity contribution in [3.8, 4) is 5.69 Å². The summed E-state index contributed by atoms with van der Waals surface area (Å²) in [7, 11) is 0. The van der Waals surface area contributed by atoms with Crippen LogP contribution in [0, 0.1) is 6.92 Å². The van der Waals surface area contributed by atoms with Crippen molar-refractivity contribution in [2.24, 2.45) is 0 Å². The molecule has 0 N–H and O–H groups in total. The molecule has 0 aliphatic heterocycles. The van der Waals surface area contributed by atoms with Gasteiger partial charge in [0.1, 0.15) is 16.9 Å². The summed E-state index contributed by atoms with van der Waals surface area (Å²) in [5.74, 6) is 0.975. The van der Waals surface area contributed by atoms with E-state index in [1.165, 1.54) is 5.56 Å². The molecule has 5 aromatic rings. The molecule has 0 amide bonds. The van der Waals surface area contributed by atoms with Crippen LogP contribution >= 0.6 is 11.8 Å². The molecule has 0 radical (unpaired) electrons. The van der Waals surface area contributed by atoms with Crippen molar-refractivity contribution in [2.75, 3.05) is 0 Å². The van der Waals surface area contributed by atoms with Crippen molar-refractivity contribution >= 4 is 33.8 Å². The van der Waals surface area contributed by atoms with E-state index >= 15 is 0 Å². The first-order valence-electron chi connectivity index (χ1n) is 10.5. The topological polar surface area (TPSA) is 73.8 Å². The number of hydrogen-bond donors (Lipinski definition) is 0. The highest BCUT2D eigenvalue weighted by atomic mass is 32.2. The van der Waals surface area contributed by atoms with Gasteiger partial charge in [-0.15, -0.1) is 11.8 Å². The first-order valence-corrected chi connectivity index (χ1v) is 11.4. The van der Waals surface area contributed by atoms with E-state index in [1.54, 1.807) is 30.4 Å². The molecule has 2 aromatic carbocycles. The molecule has 0 aliphatic rings. The maximum absolute atomic E-state index is 12.2. The standard InChI is InChI=1S/C25H22N4O2S/c1-15(2)19-11-20-17(10-23(30)31-22(20)9-16(19)3)13-32-25-21-12-28-29(24(21)26-14-27-25)18-7-5-4-6-8-18/h4-12,14-15H,13H2,1-3H3. The number of rotatable bonds is 5. The molecule has 0 bridgehead atoms. The van der Waals surface area contributed by atoms with Crippen molar-refractivity contribution in [2.45, 2.75) is 37.5 Å². The van der Waals surface area contributed by atoms with Crippen LogP contribution in [0.1, 0.15) is 36.5 Å². The summed E-state index contributed by atoms with van der Waals surface area (Å²) in [5.41, 5.74) is 5.31. The van der Waals surface area contributed by atoms with E-state index in [2.05, 4.69) is 41.9 Å². The molecular weight excluding hydrogens is 420 g/mol. The van der Waals surface area contributed by atoms with Crippen molar-refractivity contribution < 1.29 is 4.42 Å². The van der Waals surface area contributed by atoms with E-state index in [-0.39, 0.29) is 5.63 Å². The second kappa shape index (κ2) is 8.24. The Balaban J connectivity index is 1.53. The molecule has 5 rings (SSSR count). The third-order valence-corrected chi connectivity index (χ3v) is 6.59. The normalized spacial score (nSPS) is 11.6. The summed E-state index contributed by atoms with van der Waals surface area (Å²) in [6, 6.07) is 15.6.